The van der Waals surface area contributed by atoms with Crippen LogP contribution in [0.2, 0.25) is 0 Å². The summed E-state index contributed by atoms with van der Waals surface area (Å²) < 4.78 is 26.0. The standard InChI is InChI=1S/C19H20N2O3S2/c1-12-4-5-13(2)17(10-12)21-19(22)8-9-26(23,24)15-6-7-16-18(11-15)25-14(3)20-16/h4-7,10-11H,8-9H2,1-3H3,(H,21,22). The van der Waals surface area contributed by atoms with Gasteiger partial charge in [0.15, 0.2) is 9.84 Å². The molecule has 0 radical (unpaired) electrons. The van der Waals surface area contributed by atoms with E-state index in [0.29, 0.717) is 5.69 Å². The lowest BCUT2D eigenvalue weighted by atomic mass is 10.1. The maximum Gasteiger partial charge on any atom is 0.225 e. The summed E-state index contributed by atoms with van der Waals surface area (Å²) in [5.41, 5.74) is 3.48. The number of carbonyl (C=O) groups is 1. The van der Waals surface area contributed by atoms with Crippen molar-refractivity contribution in [1.82, 2.24) is 4.98 Å². The van der Waals surface area contributed by atoms with E-state index in [1.807, 2.05) is 39.0 Å². The summed E-state index contributed by atoms with van der Waals surface area (Å²) in [5, 5.41) is 3.69. The molecule has 3 aromatic rings. The number of aryl methyl sites for hydroxylation is 3. The number of carbonyl (C=O) groups excluding carboxylic acids is 1. The maximum absolute atomic E-state index is 12.6. The van der Waals surface area contributed by atoms with Gasteiger partial charge >= 0.3 is 0 Å². The average molecular weight is 389 g/mol. The number of nitrogens with zero attached hydrogens (tertiary/aromatic N) is 1. The van der Waals surface area contributed by atoms with Crippen molar-refractivity contribution in [2.75, 3.05) is 11.1 Å². The molecule has 2 aromatic carbocycles. The number of aromatic nitrogens is 1. The normalized spacial score (nSPS) is 11.7. The molecule has 0 atom stereocenters. The Morgan fingerprint density at radius 3 is 2.65 bits per heavy atom. The van der Waals surface area contributed by atoms with Crippen molar-refractivity contribution < 1.29 is 13.2 Å². The number of benzene rings is 2. The summed E-state index contributed by atoms with van der Waals surface area (Å²) in [5.74, 6) is -0.538. The molecule has 1 amide bonds. The zero-order valence-corrected chi connectivity index (χ0v) is 16.5. The van der Waals surface area contributed by atoms with Crippen LogP contribution in [0.1, 0.15) is 22.6 Å². The molecule has 0 unspecified atom stereocenters. The number of thiazole rings is 1. The Hall–Kier alpha value is -2.25. The maximum atomic E-state index is 12.6. The van der Waals surface area contributed by atoms with E-state index in [1.165, 1.54) is 11.3 Å². The molecule has 136 valence electrons. The molecule has 0 aliphatic rings. The Balaban J connectivity index is 1.70. The molecule has 0 saturated carbocycles. The van der Waals surface area contributed by atoms with Crippen LogP contribution in [0.5, 0.6) is 0 Å². The van der Waals surface area contributed by atoms with Crippen molar-refractivity contribution >= 4 is 43.0 Å². The topological polar surface area (TPSA) is 76.1 Å². The number of amides is 1. The van der Waals surface area contributed by atoms with Crippen LogP contribution in [0.15, 0.2) is 41.3 Å². The fraction of sp³-hybridized carbons (Fsp3) is 0.263. The van der Waals surface area contributed by atoms with Gasteiger partial charge < -0.3 is 5.32 Å². The van der Waals surface area contributed by atoms with Gasteiger partial charge in [-0.05, 0) is 56.2 Å². The van der Waals surface area contributed by atoms with Crippen LogP contribution >= 0.6 is 11.3 Å². The van der Waals surface area contributed by atoms with E-state index in [9.17, 15) is 13.2 Å². The number of anilines is 1. The Bertz CT molecular complexity index is 1090. The van der Waals surface area contributed by atoms with Crippen LogP contribution in [0, 0.1) is 20.8 Å². The highest BCUT2D eigenvalue weighted by molar-refractivity contribution is 7.91. The summed E-state index contributed by atoms with van der Waals surface area (Å²) in [6.45, 7) is 5.73. The molecule has 0 aliphatic heterocycles. The smallest absolute Gasteiger partial charge is 0.225 e. The molecule has 3 rings (SSSR count). The van der Waals surface area contributed by atoms with Crippen molar-refractivity contribution in [2.24, 2.45) is 0 Å². The first-order valence-corrected chi connectivity index (χ1v) is 10.7. The van der Waals surface area contributed by atoms with Crippen molar-refractivity contribution in [3.63, 3.8) is 0 Å². The van der Waals surface area contributed by atoms with Gasteiger partial charge in [-0.2, -0.15) is 0 Å². The van der Waals surface area contributed by atoms with E-state index in [2.05, 4.69) is 10.3 Å². The monoisotopic (exact) mass is 388 g/mol. The number of nitrogens with one attached hydrogen (secondary N) is 1. The Labute approximate surface area is 157 Å². The van der Waals surface area contributed by atoms with E-state index in [-0.39, 0.29) is 23.0 Å². The molecule has 1 aromatic heterocycles. The molecular weight excluding hydrogens is 368 g/mol. The average Bonchev–Trinajstić information content (AvgIpc) is 2.95. The van der Waals surface area contributed by atoms with Crippen molar-refractivity contribution in [3.05, 3.63) is 52.5 Å². The molecular formula is C19H20N2O3S2. The van der Waals surface area contributed by atoms with Crippen LogP contribution < -0.4 is 5.32 Å². The molecule has 0 saturated heterocycles. The van der Waals surface area contributed by atoms with Gasteiger partial charge in [-0.1, -0.05) is 12.1 Å². The first-order chi connectivity index (χ1) is 12.2. The largest absolute Gasteiger partial charge is 0.326 e. The molecule has 1 N–H and O–H groups in total. The van der Waals surface area contributed by atoms with Gasteiger partial charge in [0, 0.05) is 12.1 Å². The number of fused-ring (bicyclic) bond motifs is 1. The molecule has 1 heterocycles. The van der Waals surface area contributed by atoms with Crippen molar-refractivity contribution in [1.29, 1.82) is 0 Å². The molecule has 7 heteroatoms. The third-order valence-corrected chi connectivity index (χ3v) is 6.74. The molecule has 0 aliphatic carbocycles. The van der Waals surface area contributed by atoms with E-state index in [4.69, 9.17) is 0 Å². The quantitative estimate of drug-likeness (QED) is 0.716. The van der Waals surface area contributed by atoms with E-state index >= 15 is 0 Å². The first-order valence-electron chi connectivity index (χ1n) is 8.22. The summed E-state index contributed by atoms with van der Waals surface area (Å²) in [4.78, 5) is 16.7. The van der Waals surface area contributed by atoms with Crippen LogP contribution in [0.4, 0.5) is 5.69 Å². The highest BCUT2D eigenvalue weighted by Crippen LogP contribution is 2.25. The fourth-order valence-corrected chi connectivity index (χ4v) is 4.85. The van der Waals surface area contributed by atoms with Gasteiger partial charge in [-0.15, -0.1) is 11.3 Å². The molecule has 5 nitrogen and oxygen atoms in total. The van der Waals surface area contributed by atoms with Crippen molar-refractivity contribution in [3.8, 4) is 0 Å². The van der Waals surface area contributed by atoms with Crippen LogP contribution in [0.25, 0.3) is 10.2 Å². The van der Waals surface area contributed by atoms with Gasteiger partial charge in [0.25, 0.3) is 0 Å². The van der Waals surface area contributed by atoms with Crippen LogP contribution in [0.3, 0.4) is 0 Å². The zero-order chi connectivity index (χ0) is 18.9. The third-order valence-electron chi connectivity index (χ3n) is 4.09. The fourth-order valence-electron chi connectivity index (χ4n) is 2.64. The van der Waals surface area contributed by atoms with E-state index in [0.717, 1.165) is 26.4 Å². The molecule has 0 fully saturated rings. The van der Waals surface area contributed by atoms with E-state index in [1.54, 1.807) is 18.2 Å². The van der Waals surface area contributed by atoms with Crippen LogP contribution in [-0.4, -0.2) is 25.1 Å². The van der Waals surface area contributed by atoms with Gasteiger partial charge in [0.2, 0.25) is 5.91 Å². The number of hydrogen-bond donors (Lipinski definition) is 1. The second-order valence-electron chi connectivity index (χ2n) is 6.30. The number of rotatable bonds is 5. The lowest BCUT2D eigenvalue weighted by Gasteiger charge is -2.10. The first kappa shape index (κ1) is 18.5. The molecule has 0 spiro atoms. The highest BCUT2D eigenvalue weighted by Gasteiger charge is 2.18. The summed E-state index contributed by atoms with van der Waals surface area (Å²) in [6, 6.07) is 10.7. The highest BCUT2D eigenvalue weighted by atomic mass is 32.2. The Kier molecular flexibility index (Phi) is 5.11. The minimum absolute atomic E-state index is 0.0878. The van der Waals surface area contributed by atoms with Gasteiger partial charge in [0.05, 0.1) is 25.9 Å². The molecule has 26 heavy (non-hydrogen) atoms. The lowest BCUT2D eigenvalue weighted by molar-refractivity contribution is -0.115. The van der Waals surface area contributed by atoms with Crippen molar-refractivity contribution in [2.45, 2.75) is 32.1 Å². The predicted octanol–water partition coefficient (Wildman–Crippen LogP) is 4.02. The van der Waals surface area contributed by atoms with Gasteiger partial charge in [-0.3, -0.25) is 4.79 Å². The lowest BCUT2D eigenvalue weighted by Crippen LogP contribution is -2.18. The Morgan fingerprint density at radius 1 is 1.12 bits per heavy atom. The molecule has 0 bridgehead atoms. The second-order valence-corrected chi connectivity index (χ2v) is 9.64. The van der Waals surface area contributed by atoms with Crippen LogP contribution in [-0.2, 0) is 14.6 Å². The predicted molar refractivity (Wildman–Crippen MR) is 106 cm³/mol. The summed E-state index contributed by atoms with van der Waals surface area (Å²) in [7, 11) is -3.53. The SMILES string of the molecule is Cc1ccc(C)c(NC(=O)CCS(=O)(=O)c2ccc3nc(C)sc3c2)c1. The summed E-state index contributed by atoms with van der Waals surface area (Å²) >= 11 is 1.46. The third kappa shape index (κ3) is 4.11. The zero-order valence-electron chi connectivity index (χ0n) is 14.9. The van der Waals surface area contributed by atoms with E-state index < -0.39 is 9.84 Å². The minimum atomic E-state index is -3.53. The minimum Gasteiger partial charge on any atom is -0.326 e. The second kappa shape index (κ2) is 7.17. The van der Waals surface area contributed by atoms with Gasteiger partial charge in [-0.25, -0.2) is 13.4 Å². The van der Waals surface area contributed by atoms with Gasteiger partial charge in [0.1, 0.15) is 0 Å². The number of sulfone groups is 1. The summed E-state index contributed by atoms with van der Waals surface area (Å²) in [6.07, 6.45) is -0.0878. The Morgan fingerprint density at radius 2 is 1.88 bits per heavy atom. The number of hydrogen-bond acceptors (Lipinski definition) is 5.